The lowest BCUT2D eigenvalue weighted by Crippen LogP contribution is -2.37. The summed E-state index contributed by atoms with van der Waals surface area (Å²) >= 11 is 5.90. The van der Waals surface area contributed by atoms with Crippen LogP contribution in [-0.2, 0) is 0 Å². The normalized spacial score (nSPS) is 19.1. The van der Waals surface area contributed by atoms with Gasteiger partial charge in [-0.1, -0.05) is 25.4 Å². The summed E-state index contributed by atoms with van der Waals surface area (Å²) in [6.07, 6.45) is 3.21. The highest BCUT2D eigenvalue weighted by Gasteiger charge is 2.26. The van der Waals surface area contributed by atoms with Crippen LogP contribution in [0.15, 0.2) is 18.2 Å². The van der Waals surface area contributed by atoms with Crippen molar-refractivity contribution < 1.29 is 4.79 Å². The van der Waals surface area contributed by atoms with E-state index in [0.29, 0.717) is 16.0 Å². The van der Waals surface area contributed by atoms with Gasteiger partial charge in [0.05, 0.1) is 0 Å². The molecule has 1 aliphatic heterocycles. The number of rotatable bonds is 2. The highest BCUT2D eigenvalue weighted by Crippen LogP contribution is 2.33. The van der Waals surface area contributed by atoms with Crippen molar-refractivity contribution in [3.8, 4) is 0 Å². The Kier molecular flexibility index (Phi) is 3.43. The number of piperidine rings is 1. The van der Waals surface area contributed by atoms with Crippen molar-refractivity contribution in [3.63, 3.8) is 0 Å². The first-order valence-electron chi connectivity index (χ1n) is 6.01. The van der Waals surface area contributed by atoms with E-state index >= 15 is 0 Å². The largest absolute Gasteiger partial charge is 0.371 e. The smallest absolute Gasteiger partial charge is 0.152 e. The van der Waals surface area contributed by atoms with E-state index in [2.05, 4.69) is 18.7 Å². The second-order valence-corrected chi connectivity index (χ2v) is 5.91. The lowest BCUT2D eigenvalue weighted by atomic mass is 9.82. The minimum Gasteiger partial charge on any atom is -0.371 e. The number of hydrogen-bond donors (Lipinski definition) is 0. The third-order valence-corrected chi connectivity index (χ3v) is 3.81. The van der Waals surface area contributed by atoms with E-state index in [9.17, 15) is 4.79 Å². The summed E-state index contributed by atoms with van der Waals surface area (Å²) in [5, 5.41) is 0.619. The Morgan fingerprint density at radius 1 is 1.29 bits per heavy atom. The predicted octanol–water partition coefficient (Wildman–Crippen LogP) is 3.78. The molecule has 1 aliphatic rings. The van der Waals surface area contributed by atoms with Gasteiger partial charge in [-0.05, 0) is 36.5 Å². The van der Waals surface area contributed by atoms with Crippen LogP contribution in [0.1, 0.15) is 37.0 Å². The molecular formula is C14H18ClNO. The molecule has 0 saturated carbocycles. The standard InChI is InChI=1S/C14H18ClNO/c1-14(2)5-7-16(8-6-14)13-4-3-12(15)9-11(13)10-17/h3-4,9-10H,5-8H2,1-2H3. The Labute approximate surface area is 108 Å². The maximum absolute atomic E-state index is 11.1. The molecular weight excluding hydrogens is 234 g/mol. The summed E-state index contributed by atoms with van der Waals surface area (Å²) in [7, 11) is 0. The zero-order valence-corrected chi connectivity index (χ0v) is 11.1. The van der Waals surface area contributed by atoms with Gasteiger partial charge in [-0.3, -0.25) is 4.79 Å². The molecule has 0 radical (unpaired) electrons. The second kappa shape index (κ2) is 4.69. The Morgan fingerprint density at radius 2 is 1.94 bits per heavy atom. The van der Waals surface area contributed by atoms with Crippen molar-refractivity contribution in [1.82, 2.24) is 0 Å². The van der Waals surface area contributed by atoms with Crippen molar-refractivity contribution in [2.45, 2.75) is 26.7 Å². The van der Waals surface area contributed by atoms with E-state index in [0.717, 1.165) is 37.9 Å². The van der Waals surface area contributed by atoms with Crippen molar-refractivity contribution in [1.29, 1.82) is 0 Å². The molecule has 1 fully saturated rings. The monoisotopic (exact) mass is 251 g/mol. The average Bonchev–Trinajstić information content (AvgIpc) is 2.29. The molecule has 0 N–H and O–H groups in total. The first kappa shape index (κ1) is 12.4. The van der Waals surface area contributed by atoms with Gasteiger partial charge in [-0.2, -0.15) is 0 Å². The molecule has 92 valence electrons. The van der Waals surface area contributed by atoms with Crippen molar-refractivity contribution in [3.05, 3.63) is 28.8 Å². The SMILES string of the molecule is CC1(C)CCN(c2ccc(Cl)cc2C=O)CC1. The van der Waals surface area contributed by atoms with E-state index in [4.69, 9.17) is 11.6 Å². The van der Waals surface area contributed by atoms with Crippen molar-refractivity contribution in [2.24, 2.45) is 5.41 Å². The molecule has 1 saturated heterocycles. The minimum absolute atomic E-state index is 0.421. The van der Waals surface area contributed by atoms with Gasteiger partial charge in [-0.15, -0.1) is 0 Å². The van der Waals surface area contributed by atoms with E-state index < -0.39 is 0 Å². The molecule has 0 aliphatic carbocycles. The van der Waals surface area contributed by atoms with Crippen LogP contribution in [0.25, 0.3) is 0 Å². The number of halogens is 1. The fourth-order valence-electron chi connectivity index (χ4n) is 2.26. The topological polar surface area (TPSA) is 20.3 Å². The van der Waals surface area contributed by atoms with Crippen LogP contribution in [0.5, 0.6) is 0 Å². The molecule has 17 heavy (non-hydrogen) atoms. The van der Waals surface area contributed by atoms with Crippen LogP contribution >= 0.6 is 11.6 Å². The van der Waals surface area contributed by atoms with Gasteiger partial charge in [0.15, 0.2) is 6.29 Å². The van der Waals surface area contributed by atoms with Crippen LogP contribution in [0.4, 0.5) is 5.69 Å². The number of anilines is 1. The lowest BCUT2D eigenvalue weighted by Gasteiger charge is -2.38. The number of benzene rings is 1. The Morgan fingerprint density at radius 3 is 2.53 bits per heavy atom. The highest BCUT2D eigenvalue weighted by atomic mass is 35.5. The Balaban J connectivity index is 2.21. The first-order valence-corrected chi connectivity index (χ1v) is 6.39. The first-order chi connectivity index (χ1) is 8.02. The molecule has 1 aromatic rings. The molecule has 0 aromatic heterocycles. The number of hydrogen-bond acceptors (Lipinski definition) is 2. The summed E-state index contributed by atoms with van der Waals surface area (Å²) < 4.78 is 0. The third kappa shape index (κ3) is 2.81. The zero-order chi connectivity index (χ0) is 12.5. The van der Waals surface area contributed by atoms with Gasteiger partial charge in [0, 0.05) is 29.4 Å². The van der Waals surface area contributed by atoms with Gasteiger partial charge in [0.1, 0.15) is 0 Å². The molecule has 0 unspecified atom stereocenters. The molecule has 3 heteroatoms. The van der Waals surface area contributed by atoms with Gasteiger partial charge in [0.2, 0.25) is 0 Å². The molecule has 2 rings (SSSR count). The molecule has 0 atom stereocenters. The molecule has 0 amide bonds. The maximum atomic E-state index is 11.1. The van der Waals surface area contributed by atoms with Crippen LogP contribution in [0.3, 0.4) is 0 Å². The fourth-order valence-corrected chi connectivity index (χ4v) is 2.44. The van der Waals surface area contributed by atoms with E-state index in [1.807, 2.05) is 12.1 Å². The third-order valence-electron chi connectivity index (χ3n) is 3.57. The van der Waals surface area contributed by atoms with Crippen molar-refractivity contribution in [2.75, 3.05) is 18.0 Å². The molecule has 0 bridgehead atoms. The number of nitrogens with zero attached hydrogens (tertiary/aromatic N) is 1. The van der Waals surface area contributed by atoms with Gasteiger partial charge >= 0.3 is 0 Å². The fraction of sp³-hybridized carbons (Fsp3) is 0.500. The molecule has 2 nitrogen and oxygen atoms in total. The predicted molar refractivity (Wildman–Crippen MR) is 72.1 cm³/mol. The van der Waals surface area contributed by atoms with Crippen LogP contribution in [0, 0.1) is 5.41 Å². The lowest BCUT2D eigenvalue weighted by molar-refractivity contribution is 0.112. The van der Waals surface area contributed by atoms with Crippen LogP contribution in [-0.4, -0.2) is 19.4 Å². The summed E-state index contributed by atoms with van der Waals surface area (Å²) in [4.78, 5) is 13.3. The summed E-state index contributed by atoms with van der Waals surface area (Å²) in [6.45, 7) is 6.62. The summed E-state index contributed by atoms with van der Waals surface area (Å²) in [5.41, 5.74) is 2.13. The minimum atomic E-state index is 0.421. The van der Waals surface area contributed by atoms with E-state index in [1.54, 1.807) is 6.07 Å². The van der Waals surface area contributed by atoms with Gasteiger partial charge in [-0.25, -0.2) is 0 Å². The van der Waals surface area contributed by atoms with Crippen LogP contribution < -0.4 is 4.90 Å². The summed E-state index contributed by atoms with van der Waals surface area (Å²) in [5.74, 6) is 0. The Hall–Kier alpha value is -1.02. The van der Waals surface area contributed by atoms with Crippen molar-refractivity contribution >= 4 is 23.6 Å². The van der Waals surface area contributed by atoms with E-state index in [1.165, 1.54) is 0 Å². The van der Waals surface area contributed by atoms with E-state index in [-0.39, 0.29) is 0 Å². The number of carbonyl (C=O) groups is 1. The quantitative estimate of drug-likeness (QED) is 0.746. The zero-order valence-electron chi connectivity index (χ0n) is 10.4. The second-order valence-electron chi connectivity index (χ2n) is 5.47. The molecule has 1 aromatic carbocycles. The van der Waals surface area contributed by atoms with Gasteiger partial charge < -0.3 is 4.90 Å². The molecule has 1 heterocycles. The summed E-state index contributed by atoms with van der Waals surface area (Å²) in [6, 6.07) is 5.54. The molecule has 0 spiro atoms. The number of carbonyl (C=O) groups excluding carboxylic acids is 1. The average molecular weight is 252 g/mol. The number of aldehydes is 1. The maximum Gasteiger partial charge on any atom is 0.152 e. The van der Waals surface area contributed by atoms with Crippen LogP contribution in [0.2, 0.25) is 5.02 Å². The van der Waals surface area contributed by atoms with Gasteiger partial charge in [0.25, 0.3) is 0 Å². The Bertz CT molecular complexity index is 418. The highest BCUT2D eigenvalue weighted by molar-refractivity contribution is 6.31.